The second-order valence-corrected chi connectivity index (χ2v) is 11.2. The van der Waals surface area contributed by atoms with Crippen molar-refractivity contribution in [1.29, 1.82) is 0 Å². The molecular formula is C27H39NO4. The van der Waals surface area contributed by atoms with Gasteiger partial charge >= 0.3 is 5.97 Å². The first kappa shape index (κ1) is 24.5. The van der Waals surface area contributed by atoms with Gasteiger partial charge in [-0.3, -0.25) is 9.59 Å². The number of aliphatic carboxylic acids is 1. The Hall–Kier alpha value is -2.17. The molecule has 3 aliphatic carbocycles. The number of fused-ring (bicyclic) bond motifs is 1. The van der Waals surface area contributed by atoms with Crippen LogP contribution in [0.3, 0.4) is 0 Å². The highest BCUT2D eigenvalue weighted by molar-refractivity contribution is 6.19. The van der Waals surface area contributed by atoms with E-state index in [9.17, 15) is 19.5 Å². The average molecular weight is 442 g/mol. The van der Waals surface area contributed by atoms with Crippen molar-refractivity contribution in [3.05, 3.63) is 35.1 Å². The van der Waals surface area contributed by atoms with E-state index in [0.29, 0.717) is 30.3 Å². The van der Waals surface area contributed by atoms with Gasteiger partial charge in [-0.15, -0.1) is 0 Å². The summed E-state index contributed by atoms with van der Waals surface area (Å²) in [4.78, 5) is 37.5. The van der Waals surface area contributed by atoms with Gasteiger partial charge in [0, 0.05) is 11.6 Å². The summed E-state index contributed by atoms with van der Waals surface area (Å²) in [5, 5.41) is 12.3. The predicted octanol–water partition coefficient (Wildman–Crippen LogP) is 5.23. The molecule has 32 heavy (non-hydrogen) atoms. The Bertz CT molecular complexity index is 895. The normalized spacial score (nSPS) is 33.8. The van der Waals surface area contributed by atoms with E-state index in [1.807, 2.05) is 13.8 Å². The fourth-order valence-electron chi connectivity index (χ4n) is 6.35. The van der Waals surface area contributed by atoms with E-state index < -0.39 is 12.0 Å². The highest BCUT2D eigenvalue weighted by atomic mass is 16.4. The zero-order valence-electron chi connectivity index (χ0n) is 20.5. The molecule has 5 heteroatoms. The lowest BCUT2D eigenvalue weighted by Crippen LogP contribution is -2.50. The van der Waals surface area contributed by atoms with Crippen molar-refractivity contribution in [2.75, 3.05) is 0 Å². The number of carboxylic acids is 1. The Morgan fingerprint density at radius 1 is 1.19 bits per heavy atom. The summed E-state index contributed by atoms with van der Waals surface area (Å²) in [6.07, 6.45) is 10.6. The van der Waals surface area contributed by atoms with Crippen LogP contribution in [-0.2, 0) is 14.4 Å². The summed E-state index contributed by atoms with van der Waals surface area (Å²) in [5.74, 6) is -0.411. The maximum absolute atomic E-state index is 13.1. The van der Waals surface area contributed by atoms with Crippen LogP contribution in [0.1, 0.15) is 80.1 Å². The smallest absolute Gasteiger partial charge is 0.326 e. The summed E-state index contributed by atoms with van der Waals surface area (Å²) >= 11 is 0. The average Bonchev–Trinajstić information content (AvgIpc) is 2.70. The van der Waals surface area contributed by atoms with Crippen LogP contribution in [0.15, 0.2) is 35.1 Å². The molecule has 2 N–H and O–H groups in total. The third-order valence-corrected chi connectivity index (χ3v) is 8.66. The van der Waals surface area contributed by atoms with E-state index in [0.717, 1.165) is 19.3 Å². The van der Waals surface area contributed by atoms with Crippen LogP contribution in [0.25, 0.3) is 0 Å². The maximum Gasteiger partial charge on any atom is 0.326 e. The molecule has 5 atom stereocenters. The number of ketones is 2. The number of carboxylic acid groups (broad SMARTS) is 1. The molecule has 176 valence electrons. The van der Waals surface area contributed by atoms with Gasteiger partial charge in [-0.2, -0.15) is 0 Å². The van der Waals surface area contributed by atoms with E-state index in [2.05, 4.69) is 39.1 Å². The summed E-state index contributed by atoms with van der Waals surface area (Å²) in [6, 6.07) is -0.887. The van der Waals surface area contributed by atoms with Crippen LogP contribution >= 0.6 is 0 Å². The highest BCUT2D eigenvalue weighted by Gasteiger charge is 2.53. The quantitative estimate of drug-likeness (QED) is 0.418. The molecule has 1 fully saturated rings. The SMILES string of the molecule is CC1=CCC[C@H]2[C@](C)(CC3=CC(=O)C(N[C@H](CC(C)C)C(=O)O)=CC3=O)[C@@H](C)CC[C@]12C. The first-order valence-electron chi connectivity index (χ1n) is 12.1. The van der Waals surface area contributed by atoms with Crippen LogP contribution in [0, 0.1) is 28.6 Å². The molecule has 3 rings (SSSR count). The zero-order chi connectivity index (χ0) is 23.8. The van der Waals surface area contributed by atoms with Crippen molar-refractivity contribution in [1.82, 2.24) is 5.32 Å². The van der Waals surface area contributed by atoms with Crippen molar-refractivity contribution in [3.8, 4) is 0 Å². The van der Waals surface area contributed by atoms with Crippen LogP contribution in [0.5, 0.6) is 0 Å². The number of nitrogens with one attached hydrogen (secondary N) is 1. The summed E-state index contributed by atoms with van der Waals surface area (Å²) in [7, 11) is 0. The van der Waals surface area contributed by atoms with Crippen molar-refractivity contribution in [3.63, 3.8) is 0 Å². The van der Waals surface area contributed by atoms with Gasteiger partial charge in [0.2, 0.25) is 5.78 Å². The number of hydrogen-bond donors (Lipinski definition) is 2. The number of rotatable bonds is 7. The molecule has 0 aliphatic heterocycles. The molecule has 0 aromatic heterocycles. The molecule has 0 aromatic carbocycles. The monoisotopic (exact) mass is 441 g/mol. The zero-order valence-corrected chi connectivity index (χ0v) is 20.5. The third kappa shape index (κ3) is 4.49. The van der Waals surface area contributed by atoms with Gasteiger partial charge in [-0.1, -0.05) is 46.3 Å². The molecule has 0 aromatic rings. The molecule has 0 radical (unpaired) electrons. The van der Waals surface area contributed by atoms with Gasteiger partial charge in [0.25, 0.3) is 0 Å². The minimum Gasteiger partial charge on any atom is -0.480 e. The first-order valence-corrected chi connectivity index (χ1v) is 12.1. The molecule has 5 nitrogen and oxygen atoms in total. The van der Waals surface area contributed by atoms with Crippen LogP contribution in [-0.4, -0.2) is 28.7 Å². The van der Waals surface area contributed by atoms with Gasteiger partial charge in [-0.05, 0) is 80.1 Å². The second-order valence-electron chi connectivity index (χ2n) is 11.2. The Kier molecular flexibility index (Phi) is 6.88. The van der Waals surface area contributed by atoms with Crippen molar-refractivity contribution in [2.24, 2.45) is 28.6 Å². The summed E-state index contributed by atoms with van der Waals surface area (Å²) < 4.78 is 0. The number of allylic oxidation sites excluding steroid dienone is 5. The van der Waals surface area contributed by atoms with Gasteiger partial charge in [0.15, 0.2) is 5.78 Å². The van der Waals surface area contributed by atoms with Gasteiger partial charge < -0.3 is 10.4 Å². The van der Waals surface area contributed by atoms with E-state index in [4.69, 9.17) is 0 Å². The van der Waals surface area contributed by atoms with Gasteiger partial charge in [0.1, 0.15) is 6.04 Å². The Balaban J connectivity index is 1.82. The van der Waals surface area contributed by atoms with Crippen LogP contribution < -0.4 is 5.32 Å². The van der Waals surface area contributed by atoms with Gasteiger partial charge in [-0.25, -0.2) is 4.79 Å². The van der Waals surface area contributed by atoms with Crippen LogP contribution in [0.2, 0.25) is 0 Å². The Morgan fingerprint density at radius 2 is 1.88 bits per heavy atom. The molecule has 0 amide bonds. The van der Waals surface area contributed by atoms with E-state index in [1.54, 1.807) is 0 Å². The first-order chi connectivity index (χ1) is 14.9. The maximum atomic E-state index is 13.1. The number of carbonyl (C=O) groups is 3. The Morgan fingerprint density at radius 3 is 2.50 bits per heavy atom. The minimum absolute atomic E-state index is 0.0652. The van der Waals surface area contributed by atoms with E-state index in [-0.39, 0.29) is 34.0 Å². The molecule has 0 bridgehead atoms. The molecule has 0 heterocycles. The fourth-order valence-corrected chi connectivity index (χ4v) is 6.35. The fraction of sp³-hybridized carbons (Fsp3) is 0.667. The number of carbonyl (C=O) groups excluding carboxylic acids is 2. The molecule has 1 saturated carbocycles. The second kappa shape index (κ2) is 8.99. The summed E-state index contributed by atoms with van der Waals surface area (Å²) in [5.41, 5.74) is 2.19. The van der Waals surface area contributed by atoms with Crippen molar-refractivity contribution < 1.29 is 19.5 Å². The van der Waals surface area contributed by atoms with E-state index >= 15 is 0 Å². The highest BCUT2D eigenvalue weighted by Crippen LogP contribution is 2.62. The van der Waals surface area contributed by atoms with Gasteiger partial charge in [0.05, 0.1) is 5.70 Å². The molecular weight excluding hydrogens is 402 g/mol. The van der Waals surface area contributed by atoms with Crippen molar-refractivity contribution >= 4 is 17.5 Å². The van der Waals surface area contributed by atoms with Crippen LogP contribution in [0.4, 0.5) is 0 Å². The largest absolute Gasteiger partial charge is 0.480 e. The topological polar surface area (TPSA) is 83.5 Å². The lowest BCUT2D eigenvalue weighted by molar-refractivity contribution is -0.139. The minimum atomic E-state index is -1.02. The molecule has 0 saturated heterocycles. The number of hydrogen-bond acceptors (Lipinski definition) is 4. The lowest BCUT2D eigenvalue weighted by atomic mass is 9.46. The third-order valence-electron chi connectivity index (χ3n) is 8.66. The predicted molar refractivity (Wildman–Crippen MR) is 126 cm³/mol. The van der Waals surface area contributed by atoms with Crippen molar-refractivity contribution in [2.45, 2.75) is 86.1 Å². The Labute approximate surface area is 192 Å². The molecule has 0 spiro atoms. The standard InChI is InChI=1S/C27H39NO4/c1-16(2)12-21(25(31)32)28-20-14-22(29)19(13-23(20)30)15-27(6)18(4)10-11-26(5)17(3)8-7-9-24(26)27/h8,13-14,16,18,21,24,28H,7,9-12,15H2,1-6H3,(H,31,32)/t18-,21+,24+,26+,27+/m0/s1. The van der Waals surface area contributed by atoms with E-state index in [1.165, 1.54) is 24.1 Å². The summed E-state index contributed by atoms with van der Waals surface area (Å²) in [6.45, 7) is 13.1. The molecule has 0 unspecified atom stereocenters. The lowest BCUT2D eigenvalue weighted by Gasteiger charge is -2.58. The molecule has 3 aliphatic rings.